The topological polar surface area (TPSA) is 48.5 Å². The van der Waals surface area contributed by atoms with E-state index < -0.39 is 0 Å². The predicted molar refractivity (Wildman–Crippen MR) is 101 cm³/mol. The van der Waals surface area contributed by atoms with Gasteiger partial charge in [-0.3, -0.25) is 0 Å². The second-order valence-corrected chi connectivity index (χ2v) is 7.06. The van der Waals surface area contributed by atoms with Crippen LogP contribution in [0.25, 0.3) is 11.5 Å². The Balaban J connectivity index is 1.88. The first kappa shape index (κ1) is 16.2. The molecule has 2 aromatic carbocycles. The maximum absolute atomic E-state index is 4.91. The Bertz CT molecular complexity index is 952. The van der Waals surface area contributed by atoms with Crippen LogP contribution in [0.4, 0.5) is 0 Å². The highest BCUT2D eigenvalue weighted by molar-refractivity contribution is 8.19. The number of aromatic nitrogens is 5. The van der Waals surface area contributed by atoms with Gasteiger partial charge in [-0.05, 0) is 17.7 Å². The molecule has 2 heterocycles. The zero-order chi connectivity index (χ0) is 17.1. The molecule has 2 aromatic heterocycles. The van der Waals surface area contributed by atoms with Crippen LogP contribution in [0.15, 0.2) is 78.2 Å². The van der Waals surface area contributed by atoms with Crippen LogP contribution in [0.5, 0.6) is 0 Å². The molecule has 0 spiro atoms. The van der Waals surface area contributed by atoms with E-state index in [-0.39, 0.29) is 0 Å². The normalized spacial score (nSPS) is 10.9. The number of hydrogen-bond donors (Lipinski definition) is 0. The first-order valence-corrected chi connectivity index (χ1v) is 10.6. The fourth-order valence-electron chi connectivity index (χ4n) is 2.76. The van der Waals surface area contributed by atoms with Crippen LogP contribution in [0.1, 0.15) is 11.3 Å². The van der Waals surface area contributed by atoms with Gasteiger partial charge >= 0.3 is 0 Å². The summed E-state index contributed by atoms with van der Waals surface area (Å²) in [7, 11) is 1.71. The smallest absolute Gasteiger partial charge is 0.239 e. The molecule has 0 atom stereocenters. The highest BCUT2D eigenvalue weighted by Crippen LogP contribution is 2.30. The molecular weight excluding hydrogens is 345 g/mol. The number of rotatable bonds is 5. The standard InChI is InChI=1S/C18H15N5S.Al.H/c24-17-16(11-14-7-3-1-4-8-14)21-23(15-9-5-2-6-10-15)18(17)22-13-19-12-20-22;;/h1-10,12-13,24H,11H2;;/q;+1;/p-1. The van der Waals surface area contributed by atoms with Crippen molar-refractivity contribution >= 4 is 25.3 Å². The lowest BCUT2D eigenvalue weighted by molar-refractivity contribution is 0.752. The van der Waals surface area contributed by atoms with E-state index in [4.69, 9.17) is 5.10 Å². The van der Waals surface area contributed by atoms with Gasteiger partial charge in [0.1, 0.15) is 12.7 Å². The van der Waals surface area contributed by atoms with Crippen molar-refractivity contribution < 1.29 is 0 Å². The fourth-order valence-corrected chi connectivity index (χ4v) is 4.24. The molecule has 4 rings (SSSR count). The number of hydrogen-bond acceptors (Lipinski definition) is 4. The SMILES string of the molecule is [AlH][S]c1c(Cc2ccccc2)nn(-c2ccccc2)c1-n1cncn1. The van der Waals surface area contributed by atoms with Crippen molar-refractivity contribution in [2.45, 2.75) is 11.3 Å². The molecule has 0 bridgehead atoms. The first-order chi connectivity index (χ1) is 12.4. The summed E-state index contributed by atoms with van der Waals surface area (Å²) in [6.07, 6.45) is 4.04. The van der Waals surface area contributed by atoms with Crippen molar-refractivity contribution in [3.63, 3.8) is 0 Å². The zero-order valence-electron chi connectivity index (χ0n) is 13.5. The molecule has 25 heavy (non-hydrogen) atoms. The average molecular weight is 360 g/mol. The van der Waals surface area contributed by atoms with E-state index in [9.17, 15) is 0 Å². The summed E-state index contributed by atoms with van der Waals surface area (Å²) in [4.78, 5) is 5.23. The summed E-state index contributed by atoms with van der Waals surface area (Å²) in [5.74, 6) is 0.926. The number of nitrogens with zero attached hydrogens (tertiary/aromatic N) is 5. The van der Waals surface area contributed by atoms with Gasteiger partial charge in [-0.15, -0.1) is 0 Å². The van der Waals surface area contributed by atoms with E-state index >= 15 is 0 Å². The maximum atomic E-state index is 4.91. The lowest BCUT2D eigenvalue weighted by Gasteiger charge is -2.08. The molecule has 0 amide bonds. The molecule has 0 aliphatic rings. The van der Waals surface area contributed by atoms with Crippen molar-refractivity contribution in [2.24, 2.45) is 0 Å². The van der Waals surface area contributed by atoms with Crippen molar-refractivity contribution in [3.8, 4) is 11.5 Å². The number of benzene rings is 2. The van der Waals surface area contributed by atoms with E-state index in [0.717, 1.165) is 28.5 Å². The molecule has 4 aromatic rings. The van der Waals surface area contributed by atoms with E-state index in [1.54, 1.807) is 27.5 Å². The minimum atomic E-state index is 0.781. The summed E-state index contributed by atoms with van der Waals surface area (Å²) in [5.41, 5.74) is 3.29. The Hall–Kier alpha value is -2.33. The minimum Gasteiger partial charge on any atom is -0.239 e. The third kappa shape index (κ3) is 3.27. The van der Waals surface area contributed by atoms with Gasteiger partial charge in [0.05, 0.1) is 16.3 Å². The van der Waals surface area contributed by atoms with Gasteiger partial charge in [0.2, 0.25) is 0 Å². The molecular formula is C18H15AlN5S. The Kier molecular flexibility index (Phi) is 4.70. The summed E-state index contributed by atoms with van der Waals surface area (Å²) < 4.78 is 3.73. The summed E-state index contributed by atoms with van der Waals surface area (Å²) in [5, 5.41) is 9.25. The fraction of sp³-hybridized carbons (Fsp3) is 0.0556. The highest BCUT2D eigenvalue weighted by atomic mass is 32.3. The molecule has 0 aliphatic carbocycles. The van der Waals surface area contributed by atoms with E-state index in [2.05, 4.69) is 34.3 Å². The summed E-state index contributed by atoms with van der Waals surface area (Å²) in [6.45, 7) is 0. The molecule has 0 saturated heterocycles. The molecule has 0 fully saturated rings. The molecule has 1 radical (unpaired) electrons. The van der Waals surface area contributed by atoms with Crippen LogP contribution in [0.3, 0.4) is 0 Å². The predicted octanol–water partition coefficient (Wildman–Crippen LogP) is 2.95. The van der Waals surface area contributed by atoms with Crippen LogP contribution in [0.2, 0.25) is 0 Å². The van der Waals surface area contributed by atoms with Crippen molar-refractivity contribution in [1.82, 2.24) is 24.5 Å². The molecule has 0 N–H and O–H groups in total. The Morgan fingerprint density at radius 2 is 1.68 bits per heavy atom. The average Bonchev–Trinajstić information content (AvgIpc) is 3.30. The zero-order valence-corrected chi connectivity index (χ0v) is 15.7. The molecule has 121 valence electrons. The van der Waals surface area contributed by atoms with Gasteiger partial charge in [0.25, 0.3) is 15.2 Å². The Labute approximate surface area is 157 Å². The van der Waals surface area contributed by atoms with Gasteiger partial charge < -0.3 is 0 Å². The molecule has 0 unspecified atom stereocenters. The third-order valence-electron chi connectivity index (χ3n) is 3.88. The van der Waals surface area contributed by atoms with Crippen LogP contribution in [-0.4, -0.2) is 39.7 Å². The molecule has 5 nitrogen and oxygen atoms in total. The lowest BCUT2D eigenvalue weighted by Crippen LogP contribution is -2.06. The minimum absolute atomic E-state index is 0.781. The second kappa shape index (κ2) is 7.28. The first-order valence-electron chi connectivity index (χ1n) is 7.85. The third-order valence-corrected chi connectivity index (χ3v) is 5.45. The van der Waals surface area contributed by atoms with Gasteiger partial charge in [-0.25, -0.2) is 24.5 Å². The molecule has 0 aliphatic heterocycles. The summed E-state index contributed by atoms with van der Waals surface area (Å²) >= 11 is 1.85. The number of para-hydroxylation sites is 1. The second-order valence-electron chi connectivity index (χ2n) is 5.49. The van der Waals surface area contributed by atoms with Crippen molar-refractivity contribution in [3.05, 3.63) is 84.6 Å². The van der Waals surface area contributed by atoms with Crippen LogP contribution < -0.4 is 0 Å². The molecule has 0 saturated carbocycles. The molecule has 7 heteroatoms. The van der Waals surface area contributed by atoms with Crippen LogP contribution >= 0.6 is 10.1 Å². The maximum Gasteiger partial charge on any atom is 0.282 e. The van der Waals surface area contributed by atoms with Crippen molar-refractivity contribution in [1.29, 1.82) is 0 Å². The largest absolute Gasteiger partial charge is 0.282 e. The quantitative estimate of drug-likeness (QED) is 0.514. The van der Waals surface area contributed by atoms with E-state index in [1.165, 1.54) is 5.56 Å². The Morgan fingerprint density at radius 3 is 2.32 bits per heavy atom. The van der Waals surface area contributed by atoms with Gasteiger partial charge in [0, 0.05) is 6.42 Å². The monoisotopic (exact) mass is 360 g/mol. The van der Waals surface area contributed by atoms with Crippen LogP contribution in [0, 0.1) is 0 Å². The summed E-state index contributed by atoms with van der Waals surface area (Å²) in [6, 6.07) is 20.5. The van der Waals surface area contributed by atoms with E-state index in [1.807, 2.05) is 56.2 Å². The van der Waals surface area contributed by atoms with Gasteiger partial charge in [0.15, 0.2) is 5.82 Å². The van der Waals surface area contributed by atoms with Gasteiger partial charge in [-0.1, -0.05) is 48.5 Å². The highest BCUT2D eigenvalue weighted by Gasteiger charge is 2.20. The van der Waals surface area contributed by atoms with Gasteiger partial charge in [-0.2, -0.15) is 10.2 Å². The van der Waals surface area contributed by atoms with Crippen molar-refractivity contribution in [2.75, 3.05) is 0 Å². The van der Waals surface area contributed by atoms with E-state index in [0.29, 0.717) is 0 Å². The van der Waals surface area contributed by atoms with Crippen LogP contribution in [-0.2, 0) is 6.42 Å². The Morgan fingerprint density at radius 1 is 0.960 bits per heavy atom. The lowest BCUT2D eigenvalue weighted by atomic mass is 10.1.